The zero-order valence-corrected chi connectivity index (χ0v) is 43.4. The Morgan fingerprint density at radius 3 is 1.57 bits per heavy atom. The number of hydrogen-bond donors (Lipinski definition) is 1. The zero-order valence-electron chi connectivity index (χ0n) is 42.5. The van der Waals surface area contributed by atoms with E-state index in [-0.39, 0.29) is 44.9 Å². The van der Waals surface area contributed by atoms with Crippen molar-refractivity contribution in [3.05, 3.63) is 66.3 Å². The van der Waals surface area contributed by atoms with Crippen LogP contribution in [0.1, 0.15) is 212 Å². The quantitative estimate of drug-likeness (QED) is 0.0216. The van der Waals surface area contributed by atoms with E-state index in [1.165, 1.54) is 89.2 Å². The maximum atomic E-state index is 12.8. The van der Waals surface area contributed by atoms with E-state index < -0.39 is 44.3 Å². The molecule has 14 heteroatoms. The Hall–Kier alpha value is -3.90. The summed E-state index contributed by atoms with van der Waals surface area (Å²) in [6, 6.07) is 6.95. The molecule has 0 spiro atoms. The van der Waals surface area contributed by atoms with Gasteiger partial charge in [-0.15, -0.1) is 0 Å². The molecule has 1 aliphatic rings. The van der Waals surface area contributed by atoms with Crippen molar-refractivity contribution < 1.29 is 52.0 Å². The Balaban J connectivity index is 1.69. The summed E-state index contributed by atoms with van der Waals surface area (Å²) in [5.41, 5.74) is 1.39. The molecule has 1 N–H and O–H groups in total. The van der Waals surface area contributed by atoms with Gasteiger partial charge >= 0.3 is 11.9 Å². The van der Waals surface area contributed by atoms with Crippen LogP contribution in [0.5, 0.6) is 0 Å². The fraction of sp³-hybridized carbons (Fsp3) is 0.691. The van der Waals surface area contributed by atoms with Crippen molar-refractivity contribution in [3.63, 3.8) is 0 Å². The summed E-state index contributed by atoms with van der Waals surface area (Å²) < 4.78 is 33.6. The van der Waals surface area contributed by atoms with Crippen LogP contribution >= 0.6 is 7.82 Å². The van der Waals surface area contributed by atoms with Crippen LogP contribution in [-0.4, -0.2) is 62.1 Å². The predicted molar refractivity (Wildman–Crippen MR) is 273 cm³/mol. The Kier molecular flexibility index (Phi) is 36.2. The summed E-state index contributed by atoms with van der Waals surface area (Å²) in [4.78, 5) is 75.4. The molecular weight excluding hydrogens is 896 g/mol. The Labute approximate surface area is 415 Å². The van der Waals surface area contributed by atoms with Gasteiger partial charge in [-0.2, -0.15) is 0 Å². The van der Waals surface area contributed by atoms with E-state index in [0.717, 1.165) is 87.5 Å². The first-order valence-corrected chi connectivity index (χ1v) is 28.2. The standard InChI is InChI=1S/C55H89N2O11P/c1-3-5-7-9-11-13-15-17-19-21-23-25-27-29-31-36-54(61)65-46-50(68-55(62)37-32-30-28-26-24-22-20-18-16-14-12-10-8-6-4-2)47-67-69(63,64)66-45-44-56-51(58)35-33-34-48-38-40-49(41-39-48)57-52(59)42-43-53(57)60/h17-20,38-43,50H,3-16,21-37,44-47H2,1-2H3,(H,56,58)(H,63,64)/p-1/b19-17-,20-18-/t50-/m1/s1. The van der Waals surface area contributed by atoms with Crippen molar-refractivity contribution in [2.24, 2.45) is 0 Å². The van der Waals surface area contributed by atoms with Crippen LogP contribution in [0, 0.1) is 0 Å². The highest BCUT2D eigenvalue weighted by atomic mass is 31.2. The summed E-state index contributed by atoms with van der Waals surface area (Å²) in [5, 5.41) is 2.62. The molecule has 1 aromatic carbocycles. The molecule has 2 rings (SSSR count). The van der Waals surface area contributed by atoms with Gasteiger partial charge in [0.15, 0.2) is 6.10 Å². The number of imide groups is 1. The van der Waals surface area contributed by atoms with Crippen LogP contribution in [0.2, 0.25) is 0 Å². The molecule has 69 heavy (non-hydrogen) atoms. The van der Waals surface area contributed by atoms with Crippen molar-refractivity contribution in [2.45, 2.75) is 219 Å². The van der Waals surface area contributed by atoms with Crippen LogP contribution in [0.25, 0.3) is 0 Å². The number of ether oxygens (including phenoxy) is 2. The number of phosphoric ester groups is 1. The third-order valence-corrected chi connectivity index (χ3v) is 12.9. The number of amides is 3. The first-order chi connectivity index (χ1) is 33.5. The predicted octanol–water partition coefficient (Wildman–Crippen LogP) is 12.6. The number of nitrogens with zero attached hydrogens (tertiary/aromatic N) is 1. The number of nitrogens with one attached hydrogen (secondary N) is 1. The second-order valence-corrected chi connectivity index (χ2v) is 19.7. The number of rotatable bonds is 45. The highest BCUT2D eigenvalue weighted by molar-refractivity contribution is 7.45. The topological polar surface area (TPSA) is 178 Å². The van der Waals surface area contributed by atoms with E-state index in [9.17, 15) is 33.4 Å². The molecule has 0 aromatic heterocycles. The largest absolute Gasteiger partial charge is 0.756 e. The van der Waals surface area contributed by atoms with Crippen molar-refractivity contribution in [2.75, 3.05) is 31.3 Å². The number of allylic oxidation sites excluding steroid dienone is 4. The fourth-order valence-electron chi connectivity index (χ4n) is 7.87. The van der Waals surface area contributed by atoms with Gasteiger partial charge in [0.05, 0.1) is 18.9 Å². The lowest BCUT2D eigenvalue weighted by Gasteiger charge is -2.25. The maximum Gasteiger partial charge on any atom is 0.306 e. The first kappa shape index (κ1) is 61.2. The van der Waals surface area contributed by atoms with E-state index in [0.29, 0.717) is 31.4 Å². The molecule has 0 radical (unpaired) electrons. The molecule has 1 unspecified atom stereocenters. The van der Waals surface area contributed by atoms with Crippen molar-refractivity contribution in [1.82, 2.24) is 5.32 Å². The van der Waals surface area contributed by atoms with Crippen LogP contribution in [-0.2, 0) is 53.5 Å². The third-order valence-electron chi connectivity index (χ3n) is 12.0. The summed E-state index contributed by atoms with van der Waals surface area (Å²) in [6.07, 6.45) is 41.7. The van der Waals surface area contributed by atoms with Gasteiger partial charge in [-0.3, -0.25) is 28.5 Å². The van der Waals surface area contributed by atoms with Gasteiger partial charge < -0.3 is 28.7 Å². The Bertz CT molecular complexity index is 1680. The van der Waals surface area contributed by atoms with Gasteiger partial charge in [0.2, 0.25) is 5.91 Å². The number of anilines is 1. The normalized spacial score (nSPS) is 14.0. The lowest BCUT2D eigenvalue weighted by molar-refractivity contribution is -0.228. The molecule has 1 aliphatic heterocycles. The molecule has 0 bridgehead atoms. The monoisotopic (exact) mass is 984 g/mol. The van der Waals surface area contributed by atoms with Crippen molar-refractivity contribution in [1.29, 1.82) is 0 Å². The molecule has 390 valence electrons. The van der Waals surface area contributed by atoms with Gasteiger partial charge in [0.1, 0.15) is 6.61 Å². The molecule has 1 aromatic rings. The van der Waals surface area contributed by atoms with E-state index in [2.05, 4.69) is 43.5 Å². The van der Waals surface area contributed by atoms with Crippen LogP contribution in [0.15, 0.2) is 60.7 Å². The minimum absolute atomic E-state index is 0.0859. The number of esters is 2. The molecule has 0 aliphatic carbocycles. The van der Waals surface area contributed by atoms with Gasteiger partial charge in [0, 0.05) is 38.0 Å². The fourth-order valence-corrected chi connectivity index (χ4v) is 8.60. The number of unbranched alkanes of at least 4 members (excludes halogenated alkanes) is 22. The molecule has 0 saturated carbocycles. The number of hydrogen-bond acceptors (Lipinski definition) is 11. The molecular formula is C55H88N2O11P-. The number of carbonyl (C=O) groups excluding carboxylic acids is 5. The minimum Gasteiger partial charge on any atom is -0.756 e. The van der Waals surface area contributed by atoms with E-state index in [1.807, 2.05) is 0 Å². The molecule has 0 fully saturated rings. The van der Waals surface area contributed by atoms with Crippen molar-refractivity contribution in [3.8, 4) is 0 Å². The molecule has 3 amide bonds. The first-order valence-electron chi connectivity index (χ1n) is 26.7. The maximum absolute atomic E-state index is 12.8. The number of aryl methyl sites for hydroxylation is 1. The van der Waals surface area contributed by atoms with Gasteiger partial charge in [-0.1, -0.05) is 153 Å². The molecule has 2 atom stereocenters. The minimum atomic E-state index is -4.87. The second kappa shape index (κ2) is 40.8. The van der Waals surface area contributed by atoms with Crippen LogP contribution < -0.4 is 15.1 Å². The number of benzene rings is 1. The van der Waals surface area contributed by atoms with Gasteiger partial charge in [0.25, 0.3) is 19.6 Å². The summed E-state index contributed by atoms with van der Waals surface area (Å²) in [7, 11) is -4.87. The average molecular weight is 984 g/mol. The third kappa shape index (κ3) is 33.3. The SMILES string of the molecule is CCCCCCCC/C=C\CCCCCCCC(=O)OC[C@H](COP(=O)([O-])OCCNC(=O)CCCc1ccc(N2C(=O)C=CC2=O)cc1)OC(=O)CCCCCCC/C=C\CCCCCCCC. The van der Waals surface area contributed by atoms with E-state index >= 15 is 0 Å². The highest BCUT2D eigenvalue weighted by Crippen LogP contribution is 2.38. The summed E-state index contributed by atoms with van der Waals surface area (Å²) >= 11 is 0. The second-order valence-electron chi connectivity index (χ2n) is 18.3. The number of phosphoric acid groups is 1. The van der Waals surface area contributed by atoms with Crippen LogP contribution in [0.4, 0.5) is 5.69 Å². The highest BCUT2D eigenvalue weighted by Gasteiger charge is 2.25. The average Bonchev–Trinajstić information content (AvgIpc) is 3.67. The molecule has 1 heterocycles. The van der Waals surface area contributed by atoms with E-state index in [4.69, 9.17) is 18.5 Å². The van der Waals surface area contributed by atoms with E-state index in [1.54, 1.807) is 24.3 Å². The smallest absolute Gasteiger partial charge is 0.306 e. The lowest BCUT2D eigenvalue weighted by atomic mass is 10.1. The zero-order chi connectivity index (χ0) is 50.1. The summed E-state index contributed by atoms with van der Waals surface area (Å²) in [6.45, 7) is 3.08. The van der Waals surface area contributed by atoms with Gasteiger partial charge in [-0.05, 0) is 94.7 Å². The Morgan fingerprint density at radius 2 is 1.06 bits per heavy atom. The number of carbonyl (C=O) groups is 5. The van der Waals surface area contributed by atoms with Gasteiger partial charge in [-0.25, -0.2) is 4.90 Å². The van der Waals surface area contributed by atoms with Crippen LogP contribution in [0.3, 0.4) is 0 Å². The van der Waals surface area contributed by atoms with Crippen molar-refractivity contribution >= 4 is 43.2 Å². The Morgan fingerprint density at radius 1 is 0.594 bits per heavy atom. The molecule has 13 nitrogen and oxygen atoms in total. The summed E-state index contributed by atoms with van der Waals surface area (Å²) in [5.74, 6) is -2.06. The lowest BCUT2D eigenvalue weighted by Crippen LogP contribution is -2.31. The molecule has 0 saturated heterocycles.